The van der Waals surface area contributed by atoms with Crippen molar-refractivity contribution in [1.82, 2.24) is 0 Å². The lowest BCUT2D eigenvalue weighted by Crippen LogP contribution is -2.10. The summed E-state index contributed by atoms with van der Waals surface area (Å²) in [6.07, 6.45) is 0. The van der Waals surface area contributed by atoms with Gasteiger partial charge in [-0.05, 0) is 80.9 Å². The van der Waals surface area contributed by atoms with Crippen LogP contribution in [0.3, 0.4) is 0 Å². The Morgan fingerprint density at radius 3 is 1.46 bits per heavy atom. The van der Waals surface area contributed by atoms with Crippen LogP contribution >= 0.6 is 0 Å². The van der Waals surface area contributed by atoms with Crippen LogP contribution in [-0.2, 0) is 0 Å². The number of furan rings is 1. The first kappa shape index (κ1) is 24.5. The van der Waals surface area contributed by atoms with E-state index in [9.17, 15) is 0 Å². The number of rotatable bonds is 7. The summed E-state index contributed by atoms with van der Waals surface area (Å²) in [5, 5.41) is 2.07. The number of anilines is 3. The predicted octanol–water partition coefficient (Wildman–Crippen LogP) is 13.7. The summed E-state index contributed by atoms with van der Waals surface area (Å²) in [7, 11) is 0. The van der Waals surface area contributed by atoms with Crippen molar-refractivity contribution in [3.05, 3.63) is 200 Å². The molecule has 0 N–H and O–H groups in total. The highest BCUT2D eigenvalue weighted by Gasteiger charge is 2.20. The Kier molecular flexibility index (Phi) is 6.25. The smallest absolute Gasteiger partial charge is 0.159 e. The number of hydrogen-bond donors (Lipinski definition) is 0. The largest absolute Gasteiger partial charge is 0.454 e. The summed E-state index contributed by atoms with van der Waals surface area (Å²) in [5.41, 5.74) is 11.3. The van der Waals surface area contributed by atoms with Crippen LogP contribution in [0, 0.1) is 0 Å². The number of hydrogen-bond acceptors (Lipinski definition) is 2. The normalized spacial score (nSPS) is 12.6. The molecule has 0 bridgehead atoms. The van der Waals surface area contributed by atoms with Crippen LogP contribution in [0.1, 0.15) is 6.85 Å². The second-order valence-corrected chi connectivity index (χ2v) is 12.1. The molecule has 50 heavy (non-hydrogen) atoms. The summed E-state index contributed by atoms with van der Waals surface area (Å²) in [6, 6.07) is 55.8. The number of fused-ring (bicyclic) bond motifs is 3. The first-order valence-corrected chi connectivity index (χ1v) is 16.6. The molecule has 0 aliphatic rings. The average Bonchev–Trinajstić information content (AvgIpc) is 3.63. The standard InChI is InChI=1S/C48H33NO/c1-3-14-34(15-4-1)40-18-7-9-20-42(40)36-26-30-38(31-27-36)49(46-24-13-23-45-44-22-11-12-25-47(44)50-48(45)46)39-32-28-37(29-33-39)43-21-10-8-19-41(43)35-16-5-2-6-17-35/h1-33H/i1D,3D,4D,14D,15D. The molecule has 9 aromatic rings. The molecule has 1 heterocycles. The molecular formula is C48H33NO. The zero-order chi connectivity index (χ0) is 37.6. The summed E-state index contributed by atoms with van der Waals surface area (Å²) >= 11 is 0. The van der Waals surface area contributed by atoms with Gasteiger partial charge in [-0.1, -0.05) is 164 Å². The number of para-hydroxylation sites is 2. The Morgan fingerprint density at radius 1 is 0.380 bits per heavy atom. The molecule has 0 unspecified atom stereocenters. The molecule has 236 valence electrons. The average molecular weight is 645 g/mol. The highest BCUT2D eigenvalue weighted by molar-refractivity contribution is 6.10. The topological polar surface area (TPSA) is 16.4 Å². The van der Waals surface area contributed by atoms with Crippen molar-refractivity contribution in [3.8, 4) is 44.5 Å². The zero-order valence-corrected chi connectivity index (χ0v) is 27.0. The van der Waals surface area contributed by atoms with E-state index >= 15 is 0 Å². The van der Waals surface area contributed by atoms with E-state index in [4.69, 9.17) is 11.3 Å². The predicted molar refractivity (Wildman–Crippen MR) is 210 cm³/mol. The zero-order valence-electron chi connectivity index (χ0n) is 32.0. The van der Waals surface area contributed by atoms with Gasteiger partial charge in [0.25, 0.3) is 0 Å². The van der Waals surface area contributed by atoms with E-state index in [1.54, 1.807) is 0 Å². The third-order valence-electron chi connectivity index (χ3n) is 9.21. The minimum Gasteiger partial charge on any atom is -0.454 e. The molecule has 0 spiro atoms. The van der Waals surface area contributed by atoms with Gasteiger partial charge in [-0.3, -0.25) is 0 Å². The second-order valence-electron chi connectivity index (χ2n) is 12.1. The maximum Gasteiger partial charge on any atom is 0.159 e. The first-order valence-electron chi connectivity index (χ1n) is 19.1. The van der Waals surface area contributed by atoms with E-state index in [1.807, 2.05) is 72.8 Å². The quantitative estimate of drug-likeness (QED) is 0.172. The van der Waals surface area contributed by atoms with Crippen molar-refractivity contribution < 1.29 is 11.3 Å². The molecule has 2 heteroatoms. The maximum absolute atomic E-state index is 8.66. The monoisotopic (exact) mass is 644 g/mol. The van der Waals surface area contributed by atoms with E-state index in [0.717, 1.165) is 66.8 Å². The van der Waals surface area contributed by atoms with Crippen LogP contribution in [-0.4, -0.2) is 0 Å². The van der Waals surface area contributed by atoms with Crippen LogP contribution in [0.5, 0.6) is 0 Å². The Balaban J connectivity index is 1.17. The molecule has 2 nitrogen and oxygen atoms in total. The molecule has 8 aromatic carbocycles. The van der Waals surface area contributed by atoms with Crippen LogP contribution in [0.4, 0.5) is 17.1 Å². The van der Waals surface area contributed by atoms with Crippen molar-refractivity contribution in [2.24, 2.45) is 0 Å². The highest BCUT2D eigenvalue weighted by Crippen LogP contribution is 2.43. The molecule has 1 aromatic heterocycles. The molecule has 0 fully saturated rings. The van der Waals surface area contributed by atoms with Crippen molar-refractivity contribution in [2.45, 2.75) is 0 Å². The van der Waals surface area contributed by atoms with Crippen LogP contribution < -0.4 is 4.90 Å². The van der Waals surface area contributed by atoms with Gasteiger partial charge in [0.15, 0.2) is 5.58 Å². The maximum atomic E-state index is 8.66. The van der Waals surface area contributed by atoms with Gasteiger partial charge in [-0.15, -0.1) is 0 Å². The Morgan fingerprint density at radius 2 is 0.860 bits per heavy atom. The summed E-state index contributed by atoms with van der Waals surface area (Å²) in [4.78, 5) is 2.20. The fraction of sp³-hybridized carbons (Fsp3) is 0. The Labute approximate surface area is 299 Å². The summed E-state index contributed by atoms with van der Waals surface area (Å²) in [6.45, 7) is 0. The third-order valence-corrected chi connectivity index (χ3v) is 9.21. The summed E-state index contributed by atoms with van der Waals surface area (Å²) in [5.74, 6) is 0. The van der Waals surface area contributed by atoms with Crippen molar-refractivity contribution >= 4 is 39.0 Å². The van der Waals surface area contributed by atoms with Crippen molar-refractivity contribution in [1.29, 1.82) is 0 Å². The van der Waals surface area contributed by atoms with Crippen molar-refractivity contribution in [3.63, 3.8) is 0 Å². The van der Waals surface area contributed by atoms with Gasteiger partial charge in [-0.2, -0.15) is 0 Å². The second kappa shape index (κ2) is 12.8. The van der Waals surface area contributed by atoms with Gasteiger partial charge in [-0.25, -0.2) is 0 Å². The molecule has 0 radical (unpaired) electrons. The SMILES string of the molecule is [2H]c1c([2H])c([2H])c(-c2ccccc2-c2ccc(N(c3ccc(-c4ccccc4-c4ccccc4)cc3)c3cccc4c3oc3ccccc34)cc2)c([2H])c1[2H]. The molecule has 0 atom stereocenters. The molecule has 0 aliphatic carbocycles. The molecule has 0 aliphatic heterocycles. The van der Waals surface area contributed by atoms with E-state index < -0.39 is 6.04 Å². The molecule has 9 rings (SSSR count). The van der Waals surface area contributed by atoms with Crippen molar-refractivity contribution in [2.75, 3.05) is 4.90 Å². The van der Waals surface area contributed by atoms with Gasteiger partial charge in [0.2, 0.25) is 0 Å². The molecule has 0 amide bonds. The lowest BCUT2D eigenvalue weighted by Gasteiger charge is -2.26. The third kappa shape index (κ3) is 5.34. The Hall–Kier alpha value is -6.64. The highest BCUT2D eigenvalue weighted by atomic mass is 16.3. The summed E-state index contributed by atoms with van der Waals surface area (Å²) < 4.78 is 48.5. The first-order chi connectivity index (χ1) is 26.9. The number of benzene rings is 8. The number of nitrogens with zero attached hydrogens (tertiary/aromatic N) is 1. The van der Waals surface area contributed by atoms with Gasteiger partial charge in [0, 0.05) is 22.1 Å². The molecule has 0 saturated heterocycles. The van der Waals surface area contributed by atoms with E-state index in [1.165, 1.54) is 5.56 Å². The van der Waals surface area contributed by atoms with Crippen LogP contribution in [0.2, 0.25) is 0 Å². The van der Waals surface area contributed by atoms with Gasteiger partial charge in [0.1, 0.15) is 5.58 Å². The molecular weight excluding hydrogens is 607 g/mol. The van der Waals surface area contributed by atoms with Gasteiger partial charge < -0.3 is 9.32 Å². The Bertz CT molecular complexity index is 2840. The van der Waals surface area contributed by atoms with Gasteiger partial charge in [0.05, 0.1) is 12.5 Å². The molecule has 0 saturated carbocycles. The lowest BCUT2D eigenvalue weighted by atomic mass is 9.94. The van der Waals surface area contributed by atoms with Crippen LogP contribution in [0.25, 0.3) is 66.4 Å². The van der Waals surface area contributed by atoms with E-state index in [0.29, 0.717) is 5.56 Å². The minimum atomic E-state index is -0.409. The van der Waals surface area contributed by atoms with Crippen LogP contribution in [0.15, 0.2) is 204 Å². The van der Waals surface area contributed by atoms with E-state index in [2.05, 4.69) is 102 Å². The van der Waals surface area contributed by atoms with E-state index in [-0.39, 0.29) is 29.7 Å². The lowest BCUT2D eigenvalue weighted by molar-refractivity contribution is 0.669. The minimum absolute atomic E-state index is 0.179. The van der Waals surface area contributed by atoms with Gasteiger partial charge >= 0.3 is 0 Å². The fourth-order valence-electron chi connectivity index (χ4n) is 6.86. The fourth-order valence-corrected chi connectivity index (χ4v) is 6.86.